The van der Waals surface area contributed by atoms with Crippen LogP contribution in [-0.4, -0.2) is 17.1 Å². The molecule has 0 aliphatic carbocycles. The van der Waals surface area contributed by atoms with Gasteiger partial charge in [-0.3, -0.25) is 10.1 Å². The van der Waals surface area contributed by atoms with Crippen molar-refractivity contribution in [3.8, 4) is 5.75 Å². The smallest absolute Gasteiger partial charge is 0.266 e. The summed E-state index contributed by atoms with van der Waals surface area (Å²) in [6.45, 7) is 1.58. The number of benzene rings is 2. The number of carbonyl (C=O) groups is 1. The Morgan fingerprint density at radius 2 is 1.88 bits per heavy atom. The van der Waals surface area contributed by atoms with Crippen LogP contribution in [0.2, 0.25) is 15.1 Å². The van der Waals surface area contributed by atoms with Gasteiger partial charge in [0.1, 0.15) is 5.75 Å². The lowest BCUT2D eigenvalue weighted by Gasteiger charge is -2.17. The molecule has 4 nitrogen and oxygen atoms in total. The summed E-state index contributed by atoms with van der Waals surface area (Å²) in [6.07, 6.45) is -0.814. The van der Waals surface area contributed by atoms with E-state index in [-0.39, 0.29) is 5.11 Å². The van der Waals surface area contributed by atoms with Crippen molar-refractivity contribution < 1.29 is 9.53 Å². The first-order valence-corrected chi connectivity index (χ1v) is 9.57. The number of nitrogens with one attached hydrogen (secondary N) is 2. The average Bonchev–Trinajstić information content (AvgIpc) is 2.52. The number of hydrogen-bond donors (Lipinski definition) is 2. The lowest BCUT2D eigenvalue weighted by molar-refractivity contribution is -0.125. The minimum atomic E-state index is -0.814. The summed E-state index contributed by atoms with van der Waals surface area (Å²) in [5, 5.41) is 6.83. The van der Waals surface area contributed by atoms with Crippen LogP contribution in [-0.2, 0) is 4.79 Å². The van der Waals surface area contributed by atoms with Crippen molar-refractivity contribution in [2.24, 2.45) is 0 Å². The van der Waals surface area contributed by atoms with Crippen LogP contribution in [0.5, 0.6) is 5.75 Å². The predicted octanol–water partition coefficient (Wildman–Crippen LogP) is 5.53. The van der Waals surface area contributed by atoms with E-state index < -0.39 is 12.0 Å². The molecule has 1 unspecified atom stereocenters. The normalized spacial score (nSPS) is 11.6. The molecule has 25 heavy (non-hydrogen) atoms. The number of amides is 1. The van der Waals surface area contributed by atoms with Gasteiger partial charge >= 0.3 is 0 Å². The van der Waals surface area contributed by atoms with Crippen LogP contribution in [0.1, 0.15) is 6.92 Å². The van der Waals surface area contributed by atoms with Gasteiger partial charge in [0.15, 0.2) is 11.2 Å². The maximum Gasteiger partial charge on any atom is 0.266 e. The topological polar surface area (TPSA) is 50.4 Å². The van der Waals surface area contributed by atoms with Crippen LogP contribution in [0.3, 0.4) is 0 Å². The van der Waals surface area contributed by atoms with E-state index in [9.17, 15) is 4.79 Å². The number of carbonyl (C=O) groups excluding carboxylic acids is 1. The zero-order valence-corrected chi connectivity index (χ0v) is 18.0. The number of halogens is 4. The Kier molecular flexibility index (Phi) is 7.57. The molecule has 132 valence electrons. The van der Waals surface area contributed by atoms with E-state index in [0.29, 0.717) is 26.5 Å². The van der Waals surface area contributed by atoms with Gasteiger partial charge in [0, 0.05) is 8.59 Å². The maximum atomic E-state index is 12.2. The molecule has 0 saturated heterocycles. The second-order valence-electron chi connectivity index (χ2n) is 4.90. The third-order valence-electron chi connectivity index (χ3n) is 2.98. The van der Waals surface area contributed by atoms with Gasteiger partial charge in [-0.1, -0.05) is 34.8 Å². The summed E-state index contributed by atoms with van der Waals surface area (Å²) < 4.78 is 6.53. The fourth-order valence-corrected chi connectivity index (χ4v) is 3.34. The minimum absolute atomic E-state index is 0.116. The molecule has 2 aromatic rings. The van der Waals surface area contributed by atoms with Crippen LogP contribution in [0.25, 0.3) is 0 Å². The van der Waals surface area contributed by atoms with Gasteiger partial charge in [-0.15, -0.1) is 0 Å². The second kappa shape index (κ2) is 9.23. The molecule has 9 heteroatoms. The summed E-state index contributed by atoms with van der Waals surface area (Å²) >= 11 is 25.3. The van der Waals surface area contributed by atoms with Gasteiger partial charge in [-0.25, -0.2) is 0 Å². The van der Waals surface area contributed by atoms with E-state index in [1.165, 1.54) is 6.07 Å². The molecule has 0 aliphatic heterocycles. The molecule has 0 aliphatic rings. The van der Waals surface area contributed by atoms with Gasteiger partial charge < -0.3 is 10.1 Å². The molecule has 2 aromatic carbocycles. The largest absolute Gasteiger partial charge is 0.479 e. The predicted molar refractivity (Wildman–Crippen MR) is 115 cm³/mol. The Morgan fingerprint density at radius 1 is 1.16 bits per heavy atom. The molecule has 0 saturated carbocycles. The number of hydrogen-bond acceptors (Lipinski definition) is 3. The van der Waals surface area contributed by atoms with E-state index in [1.807, 2.05) is 6.07 Å². The molecule has 2 rings (SSSR count). The Morgan fingerprint density at radius 3 is 2.52 bits per heavy atom. The summed E-state index contributed by atoms with van der Waals surface area (Å²) in [5.41, 5.74) is 0.599. The third kappa shape index (κ3) is 6.14. The molecule has 0 fully saturated rings. The van der Waals surface area contributed by atoms with Gasteiger partial charge in [-0.05, 0) is 78.1 Å². The average molecular weight is 530 g/mol. The molecule has 0 spiro atoms. The van der Waals surface area contributed by atoms with E-state index in [4.69, 9.17) is 51.8 Å². The van der Waals surface area contributed by atoms with Crippen molar-refractivity contribution in [3.05, 3.63) is 55.0 Å². The Hall–Kier alpha value is -0.800. The lowest BCUT2D eigenvalue weighted by Crippen LogP contribution is -2.42. The SMILES string of the molecule is CC(Oc1ccc(Cl)cc1Cl)C(=O)NC(=S)Nc1ccc(I)cc1Cl. The number of ether oxygens (including phenoxy) is 1. The van der Waals surface area contributed by atoms with Crippen molar-refractivity contribution in [3.63, 3.8) is 0 Å². The molecule has 0 radical (unpaired) electrons. The number of thiocarbonyl (C=S) groups is 1. The molecule has 0 heterocycles. The molecular formula is C16H12Cl3IN2O2S. The van der Waals surface area contributed by atoms with Crippen LogP contribution in [0.4, 0.5) is 5.69 Å². The van der Waals surface area contributed by atoms with Crippen molar-refractivity contribution in [2.45, 2.75) is 13.0 Å². The Bertz CT molecular complexity index is 820. The Labute approximate surface area is 179 Å². The van der Waals surface area contributed by atoms with Gasteiger partial charge in [-0.2, -0.15) is 0 Å². The first kappa shape index (κ1) is 20.5. The molecule has 2 N–H and O–H groups in total. The van der Waals surface area contributed by atoms with Crippen LogP contribution in [0.15, 0.2) is 36.4 Å². The molecule has 0 aromatic heterocycles. The van der Waals surface area contributed by atoms with E-state index in [0.717, 1.165) is 3.57 Å². The maximum absolute atomic E-state index is 12.2. The number of rotatable bonds is 4. The van der Waals surface area contributed by atoms with Crippen molar-refractivity contribution >= 4 is 86.3 Å². The number of anilines is 1. The fraction of sp³-hybridized carbons (Fsp3) is 0.125. The third-order valence-corrected chi connectivity index (χ3v) is 4.70. The first-order chi connectivity index (χ1) is 11.8. The van der Waals surface area contributed by atoms with E-state index in [1.54, 1.807) is 31.2 Å². The highest BCUT2D eigenvalue weighted by atomic mass is 127. The highest BCUT2D eigenvalue weighted by Crippen LogP contribution is 2.28. The molecule has 1 atom stereocenters. The zero-order chi connectivity index (χ0) is 18.6. The lowest BCUT2D eigenvalue weighted by atomic mass is 10.3. The second-order valence-corrected chi connectivity index (χ2v) is 7.81. The monoisotopic (exact) mass is 528 g/mol. The standard InChI is InChI=1S/C16H12Cl3IN2O2S/c1-8(24-14-5-2-9(17)6-12(14)19)15(23)22-16(25)21-13-4-3-10(20)7-11(13)18/h2-8H,1H3,(H2,21,22,23,25). The molecule has 0 bridgehead atoms. The highest BCUT2D eigenvalue weighted by molar-refractivity contribution is 14.1. The molecule has 1 amide bonds. The van der Waals surface area contributed by atoms with Crippen LogP contribution in [0, 0.1) is 3.57 Å². The Balaban J connectivity index is 1.94. The fourth-order valence-electron chi connectivity index (χ4n) is 1.77. The zero-order valence-electron chi connectivity index (χ0n) is 12.8. The summed E-state index contributed by atoms with van der Waals surface area (Å²) in [5.74, 6) is -0.0709. The van der Waals surface area contributed by atoms with E-state index in [2.05, 4.69) is 33.2 Å². The van der Waals surface area contributed by atoms with E-state index >= 15 is 0 Å². The first-order valence-electron chi connectivity index (χ1n) is 6.95. The van der Waals surface area contributed by atoms with Crippen LogP contribution >= 0.6 is 69.6 Å². The summed E-state index contributed by atoms with van der Waals surface area (Å²) in [7, 11) is 0. The van der Waals surface area contributed by atoms with Crippen molar-refractivity contribution in [1.29, 1.82) is 0 Å². The van der Waals surface area contributed by atoms with Gasteiger partial charge in [0.05, 0.1) is 15.7 Å². The van der Waals surface area contributed by atoms with Crippen molar-refractivity contribution in [1.82, 2.24) is 5.32 Å². The van der Waals surface area contributed by atoms with Gasteiger partial charge in [0.2, 0.25) is 0 Å². The quantitative estimate of drug-likeness (QED) is 0.404. The highest BCUT2D eigenvalue weighted by Gasteiger charge is 2.18. The van der Waals surface area contributed by atoms with Gasteiger partial charge in [0.25, 0.3) is 5.91 Å². The summed E-state index contributed by atoms with van der Waals surface area (Å²) in [4.78, 5) is 12.2. The van der Waals surface area contributed by atoms with Crippen LogP contribution < -0.4 is 15.4 Å². The molecular weight excluding hydrogens is 518 g/mol. The minimum Gasteiger partial charge on any atom is -0.479 e. The van der Waals surface area contributed by atoms with Crippen molar-refractivity contribution in [2.75, 3.05) is 5.32 Å². The summed E-state index contributed by atoms with van der Waals surface area (Å²) in [6, 6.07) is 10.2.